The third-order valence-electron chi connectivity index (χ3n) is 8.05. The van der Waals surface area contributed by atoms with Crippen molar-refractivity contribution in [3.8, 4) is 11.1 Å². The highest BCUT2D eigenvalue weighted by atomic mass is 16.2. The predicted molar refractivity (Wildman–Crippen MR) is 140 cm³/mol. The number of para-hydroxylation sites is 1. The molecule has 3 aromatic heterocycles. The lowest BCUT2D eigenvalue weighted by Crippen LogP contribution is -2.34. The van der Waals surface area contributed by atoms with E-state index in [4.69, 9.17) is 4.98 Å². The number of benzene rings is 2. The Labute approximate surface area is 209 Å². The summed E-state index contributed by atoms with van der Waals surface area (Å²) in [5.41, 5.74) is 6.25. The van der Waals surface area contributed by atoms with E-state index in [0.717, 1.165) is 59.0 Å². The molecule has 2 aliphatic carbocycles. The van der Waals surface area contributed by atoms with Gasteiger partial charge in [-0.15, -0.1) is 0 Å². The molecule has 3 heterocycles. The largest absolute Gasteiger partial charge is 0.356 e. The quantitative estimate of drug-likeness (QED) is 0.368. The lowest BCUT2D eigenvalue weighted by atomic mass is 9.90. The number of aromatic nitrogens is 4. The fourth-order valence-corrected chi connectivity index (χ4v) is 5.74. The van der Waals surface area contributed by atoms with E-state index in [9.17, 15) is 4.79 Å². The molecule has 0 spiro atoms. The topological polar surface area (TPSA) is 72.2 Å². The maximum atomic E-state index is 12.6. The van der Waals surface area contributed by atoms with E-state index in [2.05, 4.69) is 74.4 Å². The van der Waals surface area contributed by atoms with Gasteiger partial charge in [0, 0.05) is 41.5 Å². The zero-order valence-corrected chi connectivity index (χ0v) is 20.2. The highest BCUT2D eigenvalue weighted by Crippen LogP contribution is 2.55. The van der Waals surface area contributed by atoms with E-state index >= 15 is 0 Å². The van der Waals surface area contributed by atoms with Crippen LogP contribution in [0.25, 0.3) is 27.8 Å². The number of hydrogen-bond acceptors (Lipinski definition) is 4. The summed E-state index contributed by atoms with van der Waals surface area (Å²) < 4.78 is 2.15. The highest BCUT2D eigenvalue weighted by Gasteiger charge is 2.51. The zero-order valence-electron chi connectivity index (χ0n) is 20.2. The van der Waals surface area contributed by atoms with Gasteiger partial charge in [0.25, 0.3) is 0 Å². The van der Waals surface area contributed by atoms with Crippen LogP contribution in [0.4, 0.5) is 0 Å². The molecule has 0 saturated heterocycles. The van der Waals surface area contributed by atoms with Gasteiger partial charge in [-0.3, -0.25) is 14.2 Å². The van der Waals surface area contributed by atoms with Gasteiger partial charge in [0.2, 0.25) is 11.7 Å². The molecule has 2 aliphatic rings. The van der Waals surface area contributed by atoms with Crippen molar-refractivity contribution >= 4 is 22.6 Å². The van der Waals surface area contributed by atoms with Crippen LogP contribution in [-0.4, -0.2) is 31.8 Å². The molecule has 6 heteroatoms. The van der Waals surface area contributed by atoms with Crippen molar-refractivity contribution in [3.63, 3.8) is 0 Å². The van der Waals surface area contributed by atoms with Gasteiger partial charge in [0.15, 0.2) is 0 Å². The Balaban J connectivity index is 1.27. The van der Waals surface area contributed by atoms with Crippen LogP contribution in [0, 0.1) is 0 Å². The Morgan fingerprint density at radius 1 is 0.917 bits per heavy atom. The lowest BCUT2D eigenvalue weighted by molar-refractivity contribution is -0.123. The molecule has 5 aromatic rings. The van der Waals surface area contributed by atoms with Gasteiger partial charge in [-0.2, -0.15) is 0 Å². The number of hydrogen-bond donors (Lipinski definition) is 1. The Morgan fingerprint density at radius 2 is 1.69 bits per heavy atom. The normalized spacial score (nSPS) is 17.2. The molecular formula is C30H27N5O. The number of imidazole rings is 1. The monoisotopic (exact) mass is 473 g/mol. The fourth-order valence-electron chi connectivity index (χ4n) is 5.74. The first-order valence-corrected chi connectivity index (χ1v) is 12.7. The second-order valence-corrected chi connectivity index (χ2v) is 10.1. The van der Waals surface area contributed by atoms with Crippen LogP contribution in [0.1, 0.15) is 49.4 Å². The molecule has 0 radical (unpaired) electrons. The molecule has 1 N–H and O–H groups in total. The molecule has 2 aromatic carbocycles. The molecule has 36 heavy (non-hydrogen) atoms. The molecule has 2 fully saturated rings. The van der Waals surface area contributed by atoms with E-state index in [1.54, 1.807) is 0 Å². The van der Waals surface area contributed by atoms with Crippen molar-refractivity contribution in [2.24, 2.45) is 0 Å². The minimum atomic E-state index is -0.348. The lowest BCUT2D eigenvalue weighted by Gasteiger charge is -2.18. The number of fused-ring (bicyclic) bond motifs is 2. The third-order valence-corrected chi connectivity index (χ3v) is 8.05. The third kappa shape index (κ3) is 3.10. The van der Waals surface area contributed by atoms with Crippen molar-refractivity contribution in [2.45, 2.75) is 43.4 Å². The van der Waals surface area contributed by atoms with E-state index in [-0.39, 0.29) is 16.7 Å². The Bertz CT molecular complexity index is 1620. The summed E-state index contributed by atoms with van der Waals surface area (Å²) in [5, 5.41) is 4.16. The number of rotatable bonds is 6. The minimum Gasteiger partial charge on any atom is -0.356 e. The number of nitrogens with zero attached hydrogens (tertiary/aromatic N) is 4. The molecule has 2 saturated carbocycles. The summed E-state index contributed by atoms with van der Waals surface area (Å²) in [7, 11) is 0. The maximum Gasteiger partial charge on any atom is 0.233 e. The molecule has 0 aliphatic heterocycles. The molecule has 7 rings (SSSR count). The minimum absolute atomic E-state index is 0.0948. The van der Waals surface area contributed by atoms with E-state index in [1.807, 2.05) is 31.6 Å². The summed E-state index contributed by atoms with van der Waals surface area (Å²) in [6.07, 6.45) is 11.8. The predicted octanol–water partition coefficient (Wildman–Crippen LogP) is 5.19. The number of carbonyl (C=O) groups excluding carboxylic acids is 1. The van der Waals surface area contributed by atoms with Crippen LogP contribution in [0.2, 0.25) is 0 Å². The van der Waals surface area contributed by atoms with Crippen LogP contribution in [0.5, 0.6) is 0 Å². The van der Waals surface area contributed by atoms with E-state index in [0.29, 0.717) is 12.3 Å². The van der Waals surface area contributed by atoms with E-state index in [1.165, 1.54) is 5.56 Å². The van der Waals surface area contributed by atoms with E-state index < -0.39 is 0 Å². The molecule has 0 atom stereocenters. The summed E-state index contributed by atoms with van der Waals surface area (Å²) in [4.78, 5) is 26.7. The van der Waals surface area contributed by atoms with Gasteiger partial charge in [0.05, 0.1) is 22.8 Å². The average molecular weight is 474 g/mol. The number of pyridine rings is 1. The van der Waals surface area contributed by atoms with Gasteiger partial charge < -0.3 is 5.32 Å². The van der Waals surface area contributed by atoms with Crippen LogP contribution in [0.3, 0.4) is 0 Å². The highest BCUT2D eigenvalue weighted by molar-refractivity contribution is 5.91. The summed E-state index contributed by atoms with van der Waals surface area (Å²) >= 11 is 0. The zero-order chi connectivity index (χ0) is 24.3. The second-order valence-electron chi connectivity index (χ2n) is 10.1. The second kappa shape index (κ2) is 7.72. The number of likely N-dealkylation sites (N-methyl/N-ethyl adjacent to an activating group) is 1. The molecule has 0 bridgehead atoms. The molecule has 178 valence electrons. The van der Waals surface area contributed by atoms with Crippen molar-refractivity contribution in [3.05, 3.63) is 96.2 Å². The first-order valence-electron chi connectivity index (χ1n) is 12.7. The first-order chi connectivity index (χ1) is 17.6. The summed E-state index contributed by atoms with van der Waals surface area (Å²) in [6, 6.07) is 19.0. The number of carbonyl (C=O) groups is 1. The maximum absolute atomic E-state index is 12.6. The van der Waals surface area contributed by atoms with Gasteiger partial charge in [-0.05, 0) is 55.4 Å². The van der Waals surface area contributed by atoms with Gasteiger partial charge in [-0.25, -0.2) is 9.97 Å². The SMILES string of the molecule is CCNC(=O)C1(c2ccc(-c3cnc4ncc(C5(c6cccc7cccnc67)CC5)n4c3)cc2)CC1. The van der Waals surface area contributed by atoms with Crippen LogP contribution in [-0.2, 0) is 15.6 Å². The first kappa shape index (κ1) is 21.2. The Kier molecular flexibility index (Phi) is 4.55. The van der Waals surface area contributed by atoms with Crippen LogP contribution in [0.15, 0.2) is 79.4 Å². The van der Waals surface area contributed by atoms with Gasteiger partial charge >= 0.3 is 0 Å². The Hall–Kier alpha value is -4.06. The number of nitrogens with one attached hydrogen (secondary N) is 1. The Morgan fingerprint density at radius 3 is 2.44 bits per heavy atom. The summed E-state index contributed by atoms with van der Waals surface area (Å²) in [5.74, 6) is 0.847. The standard InChI is InChI=1S/C30H27N5O/c1-2-31-27(36)29(12-13-29)23-10-8-20(9-11-23)22-17-33-28-34-18-25(35(28)19-22)30(14-15-30)24-7-3-5-21-6-4-16-32-26(21)24/h3-11,16-19H,2,12-15H2,1H3,(H,31,36). The molecule has 1 amide bonds. The molecular weight excluding hydrogens is 446 g/mol. The van der Waals surface area contributed by atoms with Crippen LogP contribution < -0.4 is 5.32 Å². The van der Waals surface area contributed by atoms with Crippen molar-refractivity contribution in [2.75, 3.05) is 6.54 Å². The molecule has 0 unspecified atom stereocenters. The van der Waals surface area contributed by atoms with Crippen molar-refractivity contribution < 1.29 is 4.79 Å². The van der Waals surface area contributed by atoms with Crippen LogP contribution >= 0.6 is 0 Å². The molecule has 6 nitrogen and oxygen atoms in total. The number of amides is 1. The average Bonchev–Trinajstić information content (AvgIpc) is 3.85. The van der Waals surface area contributed by atoms with Gasteiger partial charge in [-0.1, -0.05) is 48.5 Å². The smallest absolute Gasteiger partial charge is 0.233 e. The fraction of sp³-hybridized carbons (Fsp3) is 0.267. The van der Waals surface area contributed by atoms with Crippen molar-refractivity contribution in [1.29, 1.82) is 0 Å². The summed E-state index contributed by atoms with van der Waals surface area (Å²) in [6.45, 7) is 2.63. The van der Waals surface area contributed by atoms with Gasteiger partial charge in [0.1, 0.15) is 0 Å². The van der Waals surface area contributed by atoms with Crippen molar-refractivity contribution in [1.82, 2.24) is 24.7 Å².